The zero-order chi connectivity index (χ0) is 18.4. The fourth-order valence-corrected chi connectivity index (χ4v) is 5.30. The summed E-state index contributed by atoms with van der Waals surface area (Å²) in [5, 5.41) is 2.26. The van der Waals surface area contributed by atoms with Crippen LogP contribution in [0.25, 0.3) is 21.1 Å². The average molecular weight is 440 g/mol. The number of hydrogen-bond donors (Lipinski definition) is 1. The van der Waals surface area contributed by atoms with Gasteiger partial charge in [-0.1, -0.05) is 28.1 Å². The highest BCUT2D eigenvalue weighted by Crippen LogP contribution is 2.34. The molecule has 4 nitrogen and oxygen atoms in total. The molecule has 136 valence electrons. The lowest BCUT2D eigenvalue weighted by Crippen LogP contribution is -2.38. The third kappa shape index (κ3) is 3.17. The number of rotatable bonds is 2. The predicted octanol–water partition coefficient (Wildman–Crippen LogP) is 5.56. The topological polar surface area (TPSA) is 49.0 Å². The van der Waals surface area contributed by atoms with E-state index < -0.39 is 0 Å². The number of aromatic nitrogens is 2. The van der Waals surface area contributed by atoms with Crippen LogP contribution in [0.1, 0.15) is 34.3 Å². The summed E-state index contributed by atoms with van der Waals surface area (Å²) < 4.78 is 2.26. The molecule has 3 heterocycles. The second-order valence-electron chi connectivity index (χ2n) is 7.00. The minimum absolute atomic E-state index is 0.0880. The van der Waals surface area contributed by atoms with Gasteiger partial charge in [-0.15, -0.1) is 11.3 Å². The highest BCUT2D eigenvalue weighted by atomic mass is 79.9. The van der Waals surface area contributed by atoms with E-state index in [1.807, 2.05) is 35.2 Å². The number of piperidine rings is 1. The Balaban J connectivity index is 1.31. The van der Waals surface area contributed by atoms with E-state index in [0.717, 1.165) is 46.8 Å². The van der Waals surface area contributed by atoms with Crippen LogP contribution in [0.4, 0.5) is 0 Å². The lowest BCUT2D eigenvalue weighted by atomic mass is 9.97. The van der Waals surface area contributed by atoms with Crippen LogP contribution in [0.3, 0.4) is 0 Å². The molecular formula is C21H18BrN3OS. The zero-order valence-electron chi connectivity index (χ0n) is 14.6. The number of carbonyl (C=O) groups is 1. The summed E-state index contributed by atoms with van der Waals surface area (Å²) in [6, 6.07) is 16.2. The zero-order valence-corrected chi connectivity index (χ0v) is 17.0. The van der Waals surface area contributed by atoms with Crippen molar-refractivity contribution in [2.75, 3.05) is 13.1 Å². The van der Waals surface area contributed by atoms with Crippen LogP contribution in [0, 0.1) is 0 Å². The molecule has 1 aliphatic rings. The summed E-state index contributed by atoms with van der Waals surface area (Å²) >= 11 is 5.27. The Hall–Kier alpha value is -2.18. The standard InChI is InChI=1S/C21H18BrN3OS/c22-15-5-6-16-14(11-15)12-18(23-16)21(26)25-9-7-13(8-10-25)20-24-17-3-1-2-4-19(17)27-20/h1-6,11-13,23H,7-10H2. The molecule has 0 unspecified atom stereocenters. The van der Waals surface area contributed by atoms with E-state index in [4.69, 9.17) is 4.98 Å². The number of nitrogens with zero attached hydrogens (tertiary/aromatic N) is 2. The quantitative estimate of drug-likeness (QED) is 0.444. The van der Waals surface area contributed by atoms with Crippen LogP contribution in [-0.2, 0) is 0 Å². The van der Waals surface area contributed by atoms with Gasteiger partial charge in [0.25, 0.3) is 5.91 Å². The lowest BCUT2D eigenvalue weighted by Gasteiger charge is -2.30. The summed E-state index contributed by atoms with van der Waals surface area (Å²) in [5.74, 6) is 0.537. The Morgan fingerprint density at radius 3 is 2.78 bits per heavy atom. The van der Waals surface area contributed by atoms with Crippen LogP contribution >= 0.6 is 27.3 Å². The lowest BCUT2D eigenvalue weighted by molar-refractivity contribution is 0.0708. The smallest absolute Gasteiger partial charge is 0.270 e. The van der Waals surface area contributed by atoms with E-state index in [9.17, 15) is 4.79 Å². The maximum absolute atomic E-state index is 12.9. The van der Waals surface area contributed by atoms with Crippen molar-refractivity contribution in [2.45, 2.75) is 18.8 Å². The fourth-order valence-electron chi connectivity index (χ4n) is 3.78. The van der Waals surface area contributed by atoms with Gasteiger partial charge in [0.15, 0.2) is 0 Å². The largest absolute Gasteiger partial charge is 0.351 e. The molecule has 0 bridgehead atoms. The third-order valence-electron chi connectivity index (χ3n) is 5.26. The maximum atomic E-state index is 12.9. The second-order valence-corrected chi connectivity index (χ2v) is 8.98. The maximum Gasteiger partial charge on any atom is 0.270 e. The number of nitrogens with one attached hydrogen (secondary N) is 1. The van der Waals surface area contributed by atoms with Crippen molar-refractivity contribution >= 4 is 54.3 Å². The Kier molecular flexibility index (Phi) is 4.25. The monoisotopic (exact) mass is 439 g/mol. The molecule has 27 heavy (non-hydrogen) atoms. The molecular weight excluding hydrogens is 422 g/mol. The van der Waals surface area contributed by atoms with E-state index in [-0.39, 0.29) is 5.91 Å². The van der Waals surface area contributed by atoms with Crippen molar-refractivity contribution in [1.82, 2.24) is 14.9 Å². The predicted molar refractivity (Wildman–Crippen MR) is 113 cm³/mol. The second kappa shape index (κ2) is 6.77. The van der Waals surface area contributed by atoms with E-state index in [1.165, 1.54) is 9.71 Å². The minimum atomic E-state index is 0.0880. The molecule has 6 heteroatoms. The molecule has 1 N–H and O–H groups in total. The first-order valence-electron chi connectivity index (χ1n) is 9.10. The van der Waals surface area contributed by atoms with E-state index in [2.05, 4.69) is 39.1 Å². The first-order chi connectivity index (χ1) is 13.2. The van der Waals surface area contributed by atoms with Gasteiger partial charge in [-0.2, -0.15) is 0 Å². The van der Waals surface area contributed by atoms with Gasteiger partial charge in [-0.3, -0.25) is 4.79 Å². The minimum Gasteiger partial charge on any atom is -0.351 e. The molecule has 1 aliphatic heterocycles. The van der Waals surface area contributed by atoms with Crippen LogP contribution in [-0.4, -0.2) is 33.9 Å². The van der Waals surface area contributed by atoms with Gasteiger partial charge in [0.1, 0.15) is 5.69 Å². The first kappa shape index (κ1) is 17.0. The van der Waals surface area contributed by atoms with Gasteiger partial charge < -0.3 is 9.88 Å². The number of thiazole rings is 1. The van der Waals surface area contributed by atoms with Crippen LogP contribution in [0.2, 0.25) is 0 Å². The highest BCUT2D eigenvalue weighted by molar-refractivity contribution is 9.10. The number of benzene rings is 2. The number of hydrogen-bond acceptors (Lipinski definition) is 3. The molecule has 1 saturated heterocycles. The molecule has 2 aromatic carbocycles. The molecule has 0 saturated carbocycles. The van der Waals surface area contributed by atoms with Gasteiger partial charge in [-0.25, -0.2) is 4.98 Å². The van der Waals surface area contributed by atoms with E-state index in [1.54, 1.807) is 11.3 Å². The van der Waals surface area contributed by atoms with Gasteiger partial charge in [0.2, 0.25) is 0 Å². The number of halogens is 1. The average Bonchev–Trinajstić information content (AvgIpc) is 3.31. The van der Waals surface area contributed by atoms with Crippen LogP contribution in [0.5, 0.6) is 0 Å². The van der Waals surface area contributed by atoms with Crippen LogP contribution < -0.4 is 0 Å². The Morgan fingerprint density at radius 1 is 1.15 bits per heavy atom. The molecule has 0 radical (unpaired) electrons. The number of H-pyrrole nitrogens is 1. The Morgan fingerprint density at radius 2 is 1.96 bits per heavy atom. The van der Waals surface area contributed by atoms with Gasteiger partial charge >= 0.3 is 0 Å². The SMILES string of the molecule is O=C(c1cc2cc(Br)ccc2[nH]1)N1CCC(c2nc3ccccc3s2)CC1. The van der Waals surface area contributed by atoms with Crippen molar-refractivity contribution in [1.29, 1.82) is 0 Å². The van der Waals surface area contributed by atoms with E-state index in [0.29, 0.717) is 11.6 Å². The molecule has 0 aliphatic carbocycles. The normalized spacial score (nSPS) is 15.7. The van der Waals surface area contributed by atoms with Crippen molar-refractivity contribution < 1.29 is 4.79 Å². The van der Waals surface area contributed by atoms with Crippen LogP contribution in [0.15, 0.2) is 53.0 Å². The van der Waals surface area contributed by atoms with E-state index >= 15 is 0 Å². The fraction of sp³-hybridized carbons (Fsp3) is 0.238. The molecule has 2 aromatic heterocycles. The number of aromatic amines is 1. The van der Waals surface area contributed by atoms with Gasteiger partial charge in [0.05, 0.1) is 15.2 Å². The summed E-state index contributed by atoms with van der Waals surface area (Å²) in [6.07, 6.45) is 1.94. The first-order valence-corrected chi connectivity index (χ1v) is 10.7. The number of para-hydroxylation sites is 1. The summed E-state index contributed by atoms with van der Waals surface area (Å²) in [7, 11) is 0. The molecule has 0 atom stereocenters. The van der Waals surface area contributed by atoms with Crippen molar-refractivity contribution in [3.63, 3.8) is 0 Å². The molecule has 5 rings (SSSR count). The van der Waals surface area contributed by atoms with Crippen molar-refractivity contribution in [3.05, 3.63) is 63.7 Å². The number of carbonyl (C=O) groups excluding carboxylic acids is 1. The summed E-state index contributed by atoms with van der Waals surface area (Å²) in [5.41, 5.74) is 2.74. The summed E-state index contributed by atoms with van der Waals surface area (Å²) in [6.45, 7) is 1.55. The highest BCUT2D eigenvalue weighted by Gasteiger charge is 2.27. The molecule has 0 spiro atoms. The Bertz CT molecular complexity index is 1110. The summed E-state index contributed by atoms with van der Waals surface area (Å²) in [4.78, 5) is 22.9. The van der Waals surface area contributed by atoms with Gasteiger partial charge in [-0.05, 0) is 49.2 Å². The van der Waals surface area contributed by atoms with Crippen molar-refractivity contribution in [2.24, 2.45) is 0 Å². The number of likely N-dealkylation sites (tertiary alicyclic amines) is 1. The number of fused-ring (bicyclic) bond motifs is 2. The van der Waals surface area contributed by atoms with Gasteiger partial charge in [0, 0.05) is 34.4 Å². The number of amides is 1. The van der Waals surface area contributed by atoms with Crippen molar-refractivity contribution in [3.8, 4) is 0 Å². The molecule has 4 aromatic rings. The molecule has 1 amide bonds. The third-order valence-corrected chi connectivity index (χ3v) is 6.95. The molecule has 1 fully saturated rings. The Labute approximate surface area is 169 Å².